The van der Waals surface area contributed by atoms with Crippen LogP contribution in [0.15, 0.2) is 29.2 Å². The van der Waals surface area contributed by atoms with Crippen molar-refractivity contribution < 1.29 is 13.2 Å². The standard InChI is InChI=1S/C13H21N3O3S.ClH/c1-4-10(2)16-20(18,19)12-7-5-6-11(8-12)15-13(17)9-14-3;/h5-8,10,14,16H,4,9H2,1-3H3,(H,15,17);1H. The van der Waals surface area contributed by atoms with Gasteiger partial charge in [0.25, 0.3) is 0 Å². The van der Waals surface area contributed by atoms with E-state index in [-0.39, 0.29) is 35.8 Å². The summed E-state index contributed by atoms with van der Waals surface area (Å²) in [5, 5.41) is 5.35. The first-order valence-electron chi connectivity index (χ1n) is 6.46. The molecule has 0 bridgehead atoms. The van der Waals surface area contributed by atoms with Gasteiger partial charge in [-0.25, -0.2) is 13.1 Å². The van der Waals surface area contributed by atoms with E-state index in [9.17, 15) is 13.2 Å². The monoisotopic (exact) mass is 335 g/mol. The van der Waals surface area contributed by atoms with Crippen LogP contribution in [0.25, 0.3) is 0 Å². The molecule has 0 saturated carbocycles. The third kappa shape index (κ3) is 6.43. The SMILES string of the molecule is CCC(C)NS(=O)(=O)c1cccc(NC(=O)CNC)c1.Cl. The highest BCUT2D eigenvalue weighted by Crippen LogP contribution is 2.16. The summed E-state index contributed by atoms with van der Waals surface area (Å²) in [5.74, 6) is -0.225. The number of rotatable bonds is 7. The molecule has 0 saturated heterocycles. The molecule has 3 N–H and O–H groups in total. The third-order valence-corrected chi connectivity index (χ3v) is 4.32. The van der Waals surface area contributed by atoms with Crippen molar-refractivity contribution in [3.8, 4) is 0 Å². The van der Waals surface area contributed by atoms with E-state index < -0.39 is 10.0 Å². The molecule has 120 valence electrons. The smallest absolute Gasteiger partial charge is 0.240 e. The van der Waals surface area contributed by atoms with Crippen molar-refractivity contribution in [2.45, 2.75) is 31.2 Å². The fraction of sp³-hybridized carbons (Fsp3) is 0.462. The van der Waals surface area contributed by atoms with Crippen molar-refractivity contribution in [2.24, 2.45) is 0 Å². The summed E-state index contributed by atoms with van der Waals surface area (Å²) in [6, 6.07) is 6.05. The first-order chi connectivity index (χ1) is 9.39. The van der Waals surface area contributed by atoms with E-state index in [0.29, 0.717) is 12.1 Å². The number of carbonyl (C=O) groups excluding carboxylic acids is 1. The number of sulfonamides is 1. The summed E-state index contributed by atoms with van der Waals surface area (Å²) in [6.07, 6.45) is 0.706. The maximum atomic E-state index is 12.1. The van der Waals surface area contributed by atoms with Crippen LogP contribution >= 0.6 is 12.4 Å². The van der Waals surface area contributed by atoms with Gasteiger partial charge in [-0.15, -0.1) is 12.4 Å². The van der Waals surface area contributed by atoms with Crippen LogP contribution in [-0.2, 0) is 14.8 Å². The minimum atomic E-state index is -3.56. The first-order valence-corrected chi connectivity index (χ1v) is 7.94. The summed E-state index contributed by atoms with van der Waals surface area (Å²) < 4.78 is 26.8. The average molecular weight is 336 g/mol. The highest BCUT2D eigenvalue weighted by molar-refractivity contribution is 7.89. The van der Waals surface area contributed by atoms with Crippen LogP contribution in [0.1, 0.15) is 20.3 Å². The van der Waals surface area contributed by atoms with Crippen molar-refractivity contribution in [3.63, 3.8) is 0 Å². The van der Waals surface area contributed by atoms with Crippen LogP contribution in [0.4, 0.5) is 5.69 Å². The number of hydrogen-bond acceptors (Lipinski definition) is 4. The molecule has 1 aromatic carbocycles. The molecule has 0 aliphatic carbocycles. The molecule has 21 heavy (non-hydrogen) atoms. The molecule has 0 fully saturated rings. The Labute approximate surface area is 132 Å². The molecule has 0 aromatic heterocycles. The maximum Gasteiger partial charge on any atom is 0.240 e. The molecule has 1 amide bonds. The van der Waals surface area contributed by atoms with Crippen LogP contribution in [-0.4, -0.2) is 34.0 Å². The van der Waals surface area contributed by atoms with Gasteiger partial charge >= 0.3 is 0 Å². The van der Waals surface area contributed by atoms with Crippen molar-refractivity contribution >= 4 is 34.0 Å². The zero-order valence-corrected chi connectivity index (χ0v) is 14.0. The molecule has 1 aromatic rings. The van der Waals surface area contributed by atoms with Crippen LogP contribution in [0.3, 0.4) is 0 Å². The van der Waals surface area contributed by atoms with Crippen molar-refractivity contribution in [2.75, 3.05) is 18.9 Å². The topological polar surface area (TPSA) is 87.3 Å². The minimum absolute atomic E-state index is 0. The molecule has 1 rings (SSSR count). The third-order valence-electron chi connectivity index (χ3n) is 2.73. The lowest BCUT2D eigenvalue weighted by atomic mass is 10.3. The van der Waals surface area contributed by atoms with Crippen LogP contribution in [0.2, 0.25) is 0 Å². The summed E-state index contributed by atoms with van der Waals surface area (Å²) in [4.78, 5) is 11.6. The normalized spacial score (nSPS) is 12.3. The van der Waals surface area contributed by atoms with E-state index in [4.69, 9.17) is 0 Å². The van der Waals surface area contributed by atoms with E-state index in [1.54, 1.807) is 26.1 Å². The van der Waals surface area contributed by atoms with Crippen LogP contribution in [0, 0.1) is 0 Å². The maximum absolute atomic E-state index is 12.1. The van der Waals surface area contributed by atoms with Crippen molar-refractivity contribution in [1.29, 1.82) is 0 Å². The Morgan fingerprint density at radius 1 is 1.33 bits per heavy atom. The van der Waals surface area contributed by atoms with Gasteiger partial charge in [-0.05, 0) is 38.6 Å². The summed E-state index contributed by atoms with van der Waals surface area (Å²) in [6.45, 7) is 3.87. The predicted molar refractivity (Wildman–Crippen MR) is 86.3 cm³/mol. The number of amides is 1. The quantitative estimate of drug-likeness (QED) is 0.701. The van der Waals surface area contributed by atoms with Gasteiger partial charge in [0.15, 0.2) is 0 Å². The second kappa shape index (κ2) is 8.99. The Morgan fingerprint density at radius 2 is 2.00 bits per heavy atom. The molecule has 1 unspecified atom stereocenters. The predicted octanol–water partition coefficient (Wildman–Crippen LogP) is 1.34. The second-order valence-electron chi connectivity index (χ2n) is 4.54. The van der Waals surface area contributed by atoms with Gasteiger partial charge in [0, 0.05) is 11.7 Å². The number of halogens is 1. The van der Waals surface area contributed by atoms with Gasteiger partial charge in [-0.1, -0.05) is 13.0 Å². The Balaban J connectivity index is 0.00000400. The average Bonchev–Trinajstić information content (AvgIpc) is 2.38. The molecule has 6 nitrogen and oxygen atoms in total. The Bertz CT molecular complexity index is 564. The zero-order valence-electron chi connectivity index (χ0n) is 12.3. The van der Waals surface area contributed by atoms with Gasteiger partial charge in [-0.3, -0.25) is 4.79 Å². The second-order valence-corrected chi connectivity index (χ2v) is 6.25. The van der Waals surface area contributed by atoms with Crippen molar-refractivity contribution in [1.82, 2.24) is 10.0 Å². The fourth-order valence-electron chi connectivity index (χ4n) is 1.52. The highest BCUT2D eigenvalue weighted by Gasteiger charge is 2.17. The molecular formula is C13H22ClN3O3S. The Morgan fingerprint density at radius 3 is 2.57 bits per heavy atom. The van der Waals surface area contributed by atoms with Gasteiger partial charge in [0.2, 0.25) is 15.9 Å². The van der Waals surface area contributed by atoms with Gasteiger partial charge in [0.05, 0.1) is 11.4 Å². The lowest BCUT2D eigenvalue weighted by molar-refractivity contribution is -0.115. The van der Waals surface area contributed by atoms with E-state index in [0.717, 1.165) is 0 Å². The minimum Gasteiger partial charge on any atom is -0.325 e. The fourth-order valence-corrected chi connectivity index (χ4v) is 2.90. The molecule has 0 radical (unpaired) electrons. The van der Waals surface area contributed by atoms with E-state index >= 15 is 0 Å². The van der Waals surface area contributed by atoms with Crippen LogP contribution < -0.4 is 15.4 Å². The summed E-state index contributed by atoms with van der Waals surface area (Å²) in [7, 11) is -1.90. The van der Waals surface area contributed by atoms with Crippen LogP contribution in [0.5, 0.6) is 0 Å². The number of anilines is 1. The lowest BCUT2D eigenvalue weighted by Crippen LogP contribution is -2.32. The molecule has 1 atom stereocenters. The molecule has 0 heterocycles. The van der Waals surface area contributed by atoms with E-state index in [2.05, 4.69) is 15.4 Å². The van der Waals surface area contributed by atoms with Gasteiger partial charge < -0.3 is 10.6 Å². The molecule has 0 aliphatic heterocycles. The summed E-state index contributed by atoms with van der Waals surface area (Å²) in [5.41, 5.74) is 0.456. The number of likely N-dealkylation sites (N-methyl/N-ethyl adjacent to an activating group) is 1. The Hall–Kier alpha value is -1.15. The highest BCUT2D eigenvalue weighted by atomic mass is 35.5. The zero-order chi connectivity index (χ0) is 15.2. The first kappa shape index (κ1) is 19.9. The molecule has 0 spiro atoms. The number of nitrogens with one attached hydrogen (secondary N) is 3. The largest absolute Gasteiger partial charge is 0.325 e. The van der Waals surface area contributed by atoms with Gasteiger partial charge in [-0.2, -0.15) is 0 Å². The lowest BCUT2D eigenvalue weighted by Gasteiger charge is -2.13. The number of carbonyl (C=O) groups is 1. The summed E-state index contributed by atoms with van der Waals surface area (Å²) >= 11 is 0. The van der Waals surface area contributed by atoms with E-state index in [1.807, 2.05) is 6.92 Å². The van der Waals surface area contributed by atoms with E-state index in [1.165, 1.54) is 12.1 Å². The van der Waals surface area contributed by atoms with Gasteiger partial charge in [0.1, 0.15) is 0 Å². The molecule has 0 aliphatic rings. The Kier molecular flexibility index (Phi) is 8.50. The molecular weight excluding hydrogens is 314 g/mol. The molecule has 8 heteroatoms. The number of hydrogen-bond donors (Lipinski definition) is 3. The van der Waals surface area contributed by atoms with Crippen molar-refractivity contribution in [3.05, 3.63) is 24.3 Å². The number of benzene rings is 1.